The number of amides is 1. The van der Waals surface area contributed by atoms with Crippen molar-refractivity contribution in [2.45, 2.75) is 12.8 Å². The van der Waals surface area contributed by atoms with Crippen LogP contribution in [0.15, 0.2) is 18.3 Å². The van der Waals surface area contributed by atoms with Gasteiger partial charge in [0.05, 0.1) is 17.0 Å². The smallest absolute Gasteiger partial charge is 0.272 e. The van der Waals surface area contributed by atoms with E-state index in [1.54, 1.807) is 17.0 Å². The Hall–Kier alpha value is -1.60. The van der Waals surface area contributed by atoms with Crippen molar-refractivity contribution >= 4 is 17.5 Å². The van der Waals surface area contributed by atoms with E-state index in [1.807, 2.05) is 0 Å². The zero-order valence-corrected chi connectivity index (χ0v) is 10.0. The van der Waals surface area contributed by atoms with Gasteiger partial charge in [0, 0.05) is 19.3 Å². The number of carbonyl (C=O) groups is 1. The largest absolute Gasteiger partial charge is 0.336 e. The Labute approximate surface area is 105 Å². The normalized spacial score (nSPS) is 19.8. The predicted octanol–water partition coefficient (Wildman–Crippen LogP) is 2.11. The first-order chi connectivity index (χ1) is 8.20. The Morgan fingerprint density at radius 2 is 2.41 bits per heavy atom. The molecule has 0 spiro atoms. The molecule has 0 radical (unpaired) electrons. The maximum Gasteiger partial charge on any atom is 0.272 e. The highest BCUT2D eigenvalue weighted by Gasteiger charge is 2.24. The van der Waals surface area contributed by atoms with E-state index >= 15 is 0 Å². The Bertz CT molecular complexity index is 452. The zero-order chi connectivity index (χ0) is 12.3. The molecular weight excluding hydrogens is 238 g/mol. The van der Waals surface area contributed by atoms with E-state index in [0.29, 0.717) is 23.8 Å². The molecule has 1 saturated heterocycles. The first kappa shape index (κ1) is 11.9. The molecule has 5 heteroatoms. The number of nitrogens with zero attached hydrogens (tertiary/aromatic N) is 3. The number of halogens is 1. The highest BCUT2D eigenvalue weighted by molar-refractivity contribution is 6.30. The van der Waals surface area contributed by atoms with Crippen LogP contribution < -0.4 is 0 Å². The summed E-state index contributed by atoms with van der Waals surface area (Å²) in [5.41, 5.74) is 0.382. The molecule has 1 fully saturated rings. The standard InChI is InChI=1S/C12H12ClN3O/c13-10-3-4-11(15-7-10)12(17)16-5-1-2-9(6-14)8-16/h3-4,7,9H,1-2,5,8H2. The van der Waals surface area contributed by atoms with Gasteiger partial charge < -0.3 is 4.90 Å². The summed E-state index contributed by atoms with van der Waals surface area (Å²) in [5.74, 6) is -0.179. The fourth-order valence-electron chi connectivity index (χ4n) is 1.93. The Kier molecular flexibility index (Phi) is 3.60. The molecule has 1 aromatic heterocycles. The summed E-state index contributed by atoms with van der Waals surface area (Å²) in [4.78, 5) is 17.8. The van der Waals surface area contributed by atoms with Crippen molar-refractivity contribution in [3.05, 3.63) is 29.0 Å². The van der Waals surface area contributed by atoms with Gasteiger partial charge >= 0.3 is 0 Å². The molecule has 2 rings (SSSR count). The van der Waals surface area contributed by atoms with Crippen LogP contribution in [0, 0.1) is 17.2 Å². The van der Waals surface area contributed by atoms with Crippen LogP contribution >= 0.6 is 11.6 Å². The highest BCUT2D eigenvalue weighted by Crippen LogP contribution is 2.17. The highest BCUT2D eigenvalue weighted by atomic mass is 35.5. The fourth-order valence-corrected chi connectivity index (χ4v) is 2.04. The number of rotatable bonds is 1. The third-order valence-corrected chi connectivity index (χ3v) is 3.06. The minimum Gasteiger partial charge on any atom is -0.336 e. The van der Waals surface area contributed by atoms with Crippen LogP contribution in [0.4, 0.5) is 0 Å². The Morgan fingerprint density at radius 1 is 1.59 bits per heavy atom. The minimum atomic E-state index is -0.124. The average Bonchev–Trinajstić information content (AvgIpc) is 2.39. The number of pyridine rings is 1. The summed E-state index contributed by atoms with van der Waals surface area (Å²) in [6.45, 7) is 1.20. The molecular formula is C12H12ClN3O. The van der Waals surface area contributed by atoms with Crippen molar-refractivity contribution in [1.82, 2.24) is 9.88 Å². The van der Waals surface area contributed by atoms with Crippen molar-refractivity contribution in [1.29, 1.82) is 5.26 Å². The molecule has 1 aliphatic heterocycles. The van der Waals surface area contributed by atoms with Crippen molar-refractivity contribution in [3.8, 4) is 6.07 Å². The first-order valence-corrected chi connectivity index (χ1v) is 5.89. The van der Waals surface area contributed by atoms with Gasteiger partial charge in [-0.15, -0.1) is 0 Å². The van der Waals surface area contributed by atoms with Gasteiger partial charge in [0.25, 0.3) is 5.91 Å². The van der Waals surface area contributed by atoms with E-state index in [1.165, 1.54) is 6.20 Å². The topological polar surface area (TPSA) is 57.0 Å². The van der Waals surface area contributed by atoms with Gasteiger partial charge in [0.1, 0.15) is 5.69 Å². The van der Waals surface area contributed by atoms with Crippen LogP contribution in [0.2, 0.25) is 5.02 Å². The van der Waals surface area contributed by atoms with Crippen LogP contribution in [0.1, 0.15) is 23.3 Å². The third kappa shape index (κ3) is 2.75. The second-order valence-electron chi connectivity index (χ2n) is 4.08. The zero-order valence-electron chi connectivity index (χ0n) is 9.27. The molecule has 1 amide bonds. The number of carbonyl (C=O) groups excluding carboxylic acids is 1. The molecule has 2 heterocycles. The van der Waals surface area contributed by atoms with E-state index in [2.05, 4.69) is 11.1 Å². The molecule has 0 bridgehead atoms. The summed E-state index contributed by atoms with van der Waals surface area (Å²) in [6.07, 6.45) is 3.20. The SMILES string of the molecule is N#CC1CCCN(C(=O)c2ccc(Cl)cn2)C1. The van der Waals surface area contributed by atoms with Gasteiger partial charge in [-0.05, 0) is 25.0 Å². The molecule has 0 aromatic carbocycles. The lowest BCUT2D eigenvalue weighted by atomic mass is 9.99. The van der Waals surface area contributed by atoms with Crippen LogP contribution in [0.3, 0.4) is 0 Å². The second-order valence-corrected chi connectivity index (χ2v) is 4.52. The van der Waals surface area contributed by atoms with Crippen molar-refractivity contribution in [2.75, 3.05) is 13.1 Å². The molecule has 1 aliphatic rings. The van der Waals surface area contributed by atoms with Crippen LogP contribution in [-0.2, 0) is 0 Å². The summed E-state index contributed by atoms with van der Waals surface area (Å²) in [6, 6.07) is 5.47. The molecule has 0 N–H and O–H groups in total. The lowest BCUT2D eigenvalue weighted by Crippen LogP contribution is -2.39. The number of nitriles is 1. The maximum absolute atomic E-state index is 12.1. The van der Waals surface area contributed by atoms with Gasteiger partial charge in [-0.25, -0.2) is 4.98 Å². The maximum atomic E-state index is 12.1. The third-order valence-electron chi connectivity index (χ3n) is 2.84. The lowest BCUT2D eigenvalue weighted by molar-refractivity contribution is 0.0693. The molecule has 4 nitrogen and oxygen atoms in total. The Morgan fingerprint density at radius 3 is 3.06 bits per heavy atom. The molecule has 0 saturated carbocycles. The summed E-state index contributed by atoms with van der Waals surface area (Å²) >= 11 is 5.72. The summed E-state index contributed by atoms with van der Waals surface area (Å²) in [5, 5.41) is 9.39. The molecule has 0 aliphatic carbocycles. The number of aromatic nitrogens is 1. The van der Waals surface area contributed by atoms with Crippen molar-refractivity contribution in [2.24, 2.45) is 5.92 Å². The molecule has 1 unspecified atom stereocenters. The molecule has 17 heavy (non-hydrogen) atoms. The van der Waals surface area contributed by atoms with Crippen LogP contribution in [0.25, 0.3) is 0 Å². The fraction of sp³-hybridized carbons (Fsp3) is 0.417. The van der Waals surface area contributed by atoms with Gasteiger partial charge in [-0.1, -0.05) is 11.6 Å². The number of likely N-dealkylation sites (tertiary alicyclic amines) is 1. The average molecular weight is 250 g/mol. The molecule has 88 valence electrons. The van der Waals surface area contributed by atoms with Crippen molar-refractivity contribution < 1.29 is 4.79 Å². The molecule has 1 atom stereocenters. The number of hydrogen-bond acceptors (Lipinski definition) is 3. The summed E-state index contributed by atoms with van der Waals surface area (Å²) in [7, 11) is 0. The quantitative estimate of drug-likeness (QED) is 0.766. The van der Waals surface area contributed by atoms with Crippen LogP contribution in [0.5, 0.6) is 0 Å². The first-order valence-electron chi connectivity index (χ1n) is 5.51. The minimum absolute atomic E-state index is 0.0556. The Balaban J connectivity index is 2.09. The van der Waals surface area contributed by atoms with Gasteiger partial charge in [-0.3, -0.25) is 4.79 Å². The monoisotopic (exact) mass is 249 g/mol. The van der Waals surface area contributed by atoms with Gasteiger partial charge in [0.2, 0.25) is 0 Å². The number of piperidine rings is 1. The van der Waals surface area contributed by atoms with Crippen LogP contribution in [-0.4, -0.2) is 28.9 Å². The van der Waals surface area contributed by atoms with Gasteiger partial charge in [0.15, 0.2) is 0 Å². The van der Waals surface area contributed by atoms with E-state index in [4.69, 9.17) is 16.9 Å². The number of hydrogen-bond donors (Lipinski definition) is 0. The lowest BCUT2D eigenvalue weighted by Gasteiger charge is -2.29. The second kappa shape index (κ2) is 5.15. The van der Waals surface area contributed by atoms with E-state index in [-0.39, 0.29) is 11.8 Å². The van der Waals surface area contributed by atoms with E-state index < -0.39 is 0 Å². The van der Waals surface area contributed by atoms with E-state index in [9.17, 15) is 4.79 Å². The van der Waals surface area contributed by atoms with Crippen molar-refractivity contribution in [3.63, 3.8) is 0 Å². The molecule has 1 aromatic rings. The van der Waals surface area contributed by atoms with Gasteiger partial charge in [-0.2, -0.15) is 5.26 Å². The van der Waals surface area contributed by atoms with E-state index in [0.717, 1.165) is 12.8 Å². The predicted molar refractivity (Wildman–Crippen MR) is 63.5 cm³/mol. The summed E-state index contributed by atoms with van der Waals surface area (Å²) < 4.78 is 0.